The summed E-state index contributed by atoms with van der Waals surface area (Å²) in [6.45, 7) is 0. The number of hydrogen-bond donors (Lipinski definition) is 1. The van der Waals surface area contributed by atoms with Crippen molar-refractivity contribution < 1.29 is 19.4 Å². The highest BCUT2D eigenvalue weighted by atomic mass is 16.6. The Morgan fingerprint density at radius 1 is 0.929 bits per heavy atom. The summed E-state index contributed by atoms with van der Waals surface area (Å²) in [4.78, 5) is 28.8. The maximum absolute atomic E-state index is 12.4. The Labute approximate surface area is 159 Å². The van der Waals surface area contributed by atoms with E-state index in [1.54, 1.807) is 34.9 Å². The van der Waals surface area contributed by atoms with Crippen LogP contribution in [0.1, 0.15) is 32.5 Å². The number of carbonyl (C=O) groups excluding carboxylic acids is 1. The third-order valence-electron chi connectivity index (χ3n) is 4.89. The number of esters is 1. The zero-order valence-electron chi connectivity index (χ0n) is 14.6. The van der Waals surface area contributed by atoms with E-state index >= 15 is 0 Å². The molecular formula is C22H14N2O4. The van der Waals surface area contributed by atoms with Gasteiger partial charge in [0.05, 0.1) is 22.2 Å². The van der Waals surface area contributed by atoms with Gasteiger partial charge in [-0.2, -0.15) is 0 Å². The Bertz CT molecular complexity index is 1260. The van der Waals surface area contributed by atoms with Gasteiger partial charge >= 0.3 is 11.9 Å². The maximum atomic E-state index is 12.4. The molecular weight excluding hydrogens is 356 g/mol. The van der Waals surface area contributed by atoms with E-state index in [0.29, 0.717) is 22.5 Å². The van der Waals surface area contributed by atoms with Crippen molar-refractivity contribution in [3.05, 3.63) is 89.5 Å². The van der Waals surface area contributed by atoms with Crippen LogP contribution in [-0.4, -0.2) is 26.6 Å². The second-order valence-electron chi connectivity index (χ2n) is 6.49. The van der Waals surface area contributed by atoms with Crippen molar-refractivity contribution in [1.29, 1.82) is 0 Å². The van der Waals surface area contributed by atoms with Crippen molar-refractivity contribution in [1.82, 2.24) is 9.55 Å². The van der Waals surface area contributed by atoms with E-state index in [0.717, 1.165) is 11.1 Å². The number of para-hydroxylation sites is 2. The largest absolute Gasteiger partial charge is 0.478 e. The minimum Gasteiger partial charge on any atom is -0.478 e. The molecule has 6 nitrogen and oxygen atoms in total. The lowest BCUT2D eigenvalue weighted by molar-refractivity contribution is 0.0334. The molecule has 1 aromatic heterocycles. The fourth-order valence-corrected chi connectivity index (χ4v) is 3.65. The minimum atomic E-state index is -1.04. The van der Waals surface area contributed by atoms with Crippen LogP contribution >= 0.6 is 0 Å². The smallest absolute Gasteiger partial charge is 0.340 e. The molecule has 0 amide bonds. The van der Waals surface area contributed by atoms with Gasteiger partial charge in [0, 0.05) is 11.1 Å². The summed E-state index contributed by atoms with van der Waals surface area (Å²) < 4.78 is 7.48. The first-order valence-corrected chi connectivity index (χ1v) is 8.75. The van der Waals surface area contributed by atoms with Gasteiger partial charge in [-0.15, -0.1) is 0 Å². The Morgan fingerprint density at radius 2 is 1.61 bits per heavy atom. The molecule has 3 aromatic carbocycles. The molecule has 1 aliphatic rings. The van der Waals surface area contributed by atoms with Crippen molar-refractivity contribution in [2.24, 2.45) is 0 Å². The average Bonchev–Trinajstić information content (AvgIpc) is 3.26. The number of carboxylic acid groups (broad SMARTS) is 1. The van der Waals surface area contributed by atoms with Gasteiger partial charge in [0.25, 0.3) is 0 Å². The van der Waals surface area contributed by atoms with Gasteiger partial charge in [-0.1, -0.05) is 48.5 Å². The Morgan fingerprint density at radius 3 is 2.43 bits per heavy atom. The summed E-state index contributed by atoms with van der Waals surface area (Å²) in [5.74, 6) is -1.01. The molecule has 0 radical (unpaired) electrons. The molecule has 2 heterocycles. The van der Waals surface area contributed by atoms with E-state index in [9.17, 15) is 14.7 Å². The first-order valence-electron chi connectivity index (χ1n) is 8.75. The molecule has 0 spiro atoms. The number of cyclic esters (lactones) is 1. The summed E-state index contributed by atoms with van der Waals surface area (Å²) in [5.41, 5.74) is 3.28. The van der Waals surface area contributed by atoms with Crippen molar-refractivity contribution in [2.75, 3.05) is 0 Å². The number of benzene rings is 3. The summed E-state index contributed by atoms with van der Waals surface area (Å²) >= 11 is 0. The first-order chi connectivity index (χ1) is 13.6. The van der Waals surface area contributed by atoms with Crippen molar-refractivity contribution in [3.63, 3.8) is 0 Å². The lowest BCUT2D eigenvalue weighted by Crippen LogP contribution is -2.13. The van der Waals surface area contributed by atoms with E-state index in [1.165, 1.54) is 6.07 Å². The molecule has 6 heteroatoms. The topological polar surface area (TPSA) is 81.4 Å². The number of hydrogen-bond acceptors (Lipinski definition) is 4. The predicted octanol–water partition coefficient (Wildman–Crippen LogP) is 4.12. The zero-order chi connectivity index (χ0) is 19.3. The van der Waals surface area contributed by atoms with Crippen LogP contribution in [0, 0.1) is 0 Å². The van der Waals surface area contributed by atoms with Crippen LogP contribution < -0.4 is 0 Å². The van der Waals surface area contributed by atoms with Gasteiger partial charge in [-0.25, -0.2) is 14.6 Å². The molecule has 0 saturated carbocycles. The molecule has 1 atom stereocenters. The molecule has 0 saturated heterocycles. The van der Waals surface area contributed by atoms with Gasteiger partial charge in [-0.05, 0) is 24.3 Å². The normalized spacial score (nSPS) is 15.4. The highest BCUT2D eigenvalue weighted by Gasteiger charge is 2.35. The number of carbonyl (C=O) groups is 2. The predicted molar refractivity (Wildman–Crippen MR) is 102 cm³/mol. The maximum Gasteiger partial charge on any atom is 0.340 e. The minimum absolute atomic E-state index is 0.136. The van der Waals surface area contributed by atoms with Gasteiger partial charge in [0.2, 0.25) is 6.23 Å². The van der Waals surface area contributed by atoms with Crippen molar-refractivity contribution >= 4 is 23.0 Å². The highest BCUT2D eigenvalue weighted by molar-refractivity contribution is 5.97. The Kier molecular flexibility index (Phi) is 3.52. The van der Waals surface area contributed by atoms with Gasteiger partial charge in [0.1, 0.15) is 5.82 Å². The number of aromatic nitrogens is 2. The van der Waals surface area contributed by atoms with Crippen molar-refractivity contribution in [3.8, 4) is 11.4 Å². The molecule has 1 unspecified atom stereocenters. The van der Waals surface area contributed by atoms with Crippen LogP contribution in [0.25, 0.3) is 22.4 Å². The summed E-state index contributed by atoms with van der Waals surface area (Å²) in [6.07, 6.45) is -0.715. The number of carboxylic acids is 1. The quantitative estimate of drug-likeness (QED) is 0.549. The molecule has 5 rings (SSSR count). The fraction of sp³-hybridized carbons (Fsp3) is 0.0455. The van der Waals surface area contributed by atoms with Crippen LogP contribution in [0.3, 0.4) is 0 Å². The van der Waals surface area contributed by atoms with Gasteiger partial charge in [0.15, 0.2) is 0 Å². The lowest BCUT2D eigenvalue weighted by atomic mass is 10.1. The SMILES string of the molecule is O=C(O)c1ccccc1-c1nc2ccccc2n1C1OC(=O)c2ccccc21. The second-order valence-corrected chi connectivity index (χ2v) is 6.49. The summed E-state index contributed by atoms with van der Waals surface area (Å²) in [7, 11) is 0. The van der Waals surface area contributed by atoms with Crippen LogP contribution in [0.4, 0.5) is 0 Å². The second kappa shape index (κ2) is 6.06. The standard InChI is InChI=1S/C22H14N2O4/c25-21(26)15-9-3-1-7-13(15)19-23-17-11-5-6-12-18(17)24(19)20-14-8-2-4-10-16(14)22(27)28-20/h1-12,20H,(H,25,26). The molecule has 0 aliphatic carbocycles. The van der Waals surface area contributed by atoms with Crippen LogP contribution in [-0.2, 0) is 4.74 Å². The fourth-order valence-electron chi connectivity index (χ4n) is 3.65. The third-order valence-corrected chi connectivity index (χ3v) is 4.89. The van der Waals surface area contributed by atoms with E-state index in [4.69, 9.17) is 4.74 Å². The van der Waals surface area contributed by atoms with Crippen LogP contribution in [0.15, 0.2) is 72.8 Å². The van der Waals surface area contributed by atoms with Crippen LogP contribution in [0.5, 0.6) is 0 Å². The number of nitrogens with zero attached hydrogens (tertiary/aromatic N) is 2. The monoisotopic (exact) mass is 370 g/mol. The molecule has 0 fully saturated rings. The first kappa shape index (κ1) is 16.3. The zero-order valence-corrected chi connectivity index (χ0v) is 14.6. The third kappa shape index (κ3) is 2.31. The van der Waals surface area contributed by atoms with Crippen molar-refractivity contribution in [2.45, 2.75) is 6.23 Å². The Balaban J connectivity index is 1.83. The molecule has 0 bridgehead atoms. The molecule has 1 aliphatic heterocycles. The molecule has 28 heavy (non-hydrogen) atoms. The lowest BCUT2D eigenvalue weighted by Gasteiger charge is -2.17. The number of imidazole rings is 1. The van der Waals surface area contributed by atoms with Gasteiger partial charge in [-0.3, -0.25) is 4.57 Å². The summed E-state index contributed by atoms with van der Waals surface area (Å²) in [6, 6.07) is 21.3. The van der Waals surface area contributed by atoms with E-state index in [-0.39, 0.29) is 5.56 Å². The molecule has 1 N–H and O–H groups in total. The number of aromatic carboxylic acids is 1. The number of rotatable bonds is 3. The van der Waals surface area contributed by atoms with E-state index in [1.807, 2.05) is 36.4 Å². The van der Waals surface area contributed by atoms with Gasteiger partial charge < -0.3 is 9.84 Å². The van der Waals surface area contributed by atoms with E-state index < -0.39 is 18.2 Å². The summed E-state index contributed by atoms with van der Waals surface area (Å²) in [5, 5.41) is 9.64. The van der Waals surface area contributed by atoms with Crippen LogP contribution in [0.2, 0.25) is 0 Å². The average molecular weight is 370 g/mol. The number of fused-ring (bicyclic) bond motifs is 2. The molecule has 136 valence electrons. The van der Waals surface area contributed by atoms with E-state index in [2.05, 4.69) is 4.98 Å². The highest BCUT2D eigenvalue weighted by Crippen LogP contribution is 2.38. The number of ether oxygens (including phenoxy) is 1. The Hall–Kier alpha value is -3.93. The molecule has 4 aromatic rings.